The van der Waals surface area contributed by atoms with E-state index in [1.165, 1.54) is 0 Å². The predicted octanol–water partition coefficient (Wildman–Crippen LogP) is 3.51. The summed E-state index contributed by atoms with van der Waals surface area (Å²) in [5, 5.41) is 0. The Balaban J connectivity index is 3.07. The third-order valence-electron chi connectivity index (χ3n) is 2.05. The highest BCUT2D eigenvalue weighted by Crippen LogP contribution is 2.40. The maximum Gasteiger partial charge on any atom is 0.157 e. The summed E-state index contributed by atoms with van der Waals surface area (Å²) >= 11 is 0. The predicted molar refractivity (Wildman–Crippen MR) is 41.4 cm³/mol. The van der Waals surface area contributed by atoms with Gasteiger partial charge in [0.25, 0.3) is 0 Å². The lowest BCUT2D eigenvalue weighted by atomic mass is 9.82. The summed E-state index contributed by atoms with van der Waals surface area (Å²) in [6.45, 7) is 4.99. The maximum atomic E-state index is 13.1. The van der Waals surface area contributed by atoms with Gasteiger partial charge in [0, 0.05) is 5.41 Å². The first kappa shape index (κ1) is 8.44. The van der Waals surface area contributed by atoms with Gasteiger partial charge >= 0.3 is 0 Å². The van der Waals surface area contributed by atoms with E-state index in [-0.39, 0.29) is 0 Å². The number of hydrogen-bond acceptors (Lipinski definition) is 0. The molecule has 0 unspecified atom stereocenters. The highest BCUT2D eigenvalue weighted by atomic mass is 19.2. The summed E-state index contributed by atoms with van der Waals surface area (Å²) in [6, 6.07) is 0. The zero-order chi connectivity index (χ0) is 8.65. The quantitative estimate of drug-likeness (QED) is 0.506. The van der Waals surface area contributed by atoms with Crippen molar-refractivity contribution in [2.75, 3.05) is 0 Å². The van der Waals surface area contributed by atoms with Crippen LogP contribution in [0.5, 0.6) is 0 Å². The van der Waals surface area contributed by atoms with Crippen LogP contribution in [0.2, 0.25) is 0 Å². The summed E-state index contributed by atoms with van der Waals surface area (Å²) < 4.78 is 26.0. The van der Waals surface area contributed by atoms with E-state index in [0.717, 1.165) is 0 Å². The van der Waals surface area contributed by atoms with Gasteiger partial charge in [-0.2, -0.15) is 0 Å². The summed E-state index contributed by atoms with van der Waals surface area (Å²) in [5.74, 6) is -1.29. The molecule has 0 aromatic carbocycles. The molecule has 0 heterocycles. The molecule has 0 aromatic heterocycles. The molecule has 1 aliphatic rings. The SMILES string of the molecule is CC1=CCC(C)(C)C(F)=C1F. The van der Waals surface area contributed by atoms with Crippen LogP contribution >= 0.6 is 0 Å². The number of hydrogen-bond donors (Lipinski definition) is 0. The lowest BCUT2D eigenvalue weighted by Gasteiger charge is -2.25. The molecule has 0 saturated carbocycles. The normalized spacial score (nSPS) is 23.5. The van der Waals surface area contributed by atoms with Gasteiger partial charge in [0.15, 0.2) is 5.83 Å². The molecule has 0 saturated heterocycles. The zero-order valence-corrected chi connectivity index (χ0v) is 7.04. The van der Waals surface area contributed by atoms with E-state index in [1.54, 1.807) is 26.8 Å². The molecule has 0 radical (unpaired) electrons. The van der Waals surface area contributed by atoms with Crippen molar-refractivity contribution in [1.82, 2.24) is 0 Å². The molecule has 0 N–H and O–H groups in total. The standard InChI is InChI=1S/C9H12F2/c1-6-4-5-9(2,3)8(11)7(6)10/h4H,5H2,1-3H3. The minimum absolute atomic E-state index is 0.418. The van der Waals surface area contributed by atoms with Crippen molar-refractivity contribution in [3.8, 4) is 0 Å². The van der Waals surface area contributed by atoms with Crippen molar-refractivity contribution >= 4 is 0 Å². The summed E-state index contributed by atoms with van der Waals surface area (Å²) in [5.41, 5.74) is -0.231. The Labute approximate surface area is 65.6 Å². The third-order valence-corrected chi connectivity index (χ3v) is 2.05. The molecule has 0 bridgehead atoms. The fraction of sp³-hybridized carbons (Fsp3) is 0.556. The van der Waals surface area contributed by atoms with Gasteiger partial charge in [-0.3, -0.25) is 0 Å². The number of rotatable bonds is 0. The minimum atomic E-state index is -0.679. The Morgan fingerprint density at radius 3 is 2.36 bits per heavy atom. The Morgan fingerprint density at radius 2 is 1.91 bits per heavy atom. The van der Waals surface area contributed by atoms with Gasteiger partial charge in [0.05, 0.1) is 0 Å². The van der Waals surface area contributed by atoms with Gasteiger partial charge in [-0.1, -0.05) is 19.9 Å². The van der Waals surface area contributed by atoms with Gasteiger partial charge in [-0.05, 0) is 18.9 Å². The third kappa shape index (κ3) is 1.35. The van der Waals surface area contributed by atoms with Gasteiger partial charge in [-0.15, -0.1) is 0 Å². The Hall–Kier alpha value is -0.660. The smallest absolute Gasteiger partial charge is 0.157 e. The van der Waals surface area contributed by atoms with Crippen molar-refractivity contribution in [3.05, 3.63) is 23.3 Å². The zero-order valence-electron chi connectivity index (χ0n) is 7.04. The summed E-state index contributed by atoms with van der Waals surface area (Å²) in [4.78, 5) is 0. The molecular weight excluding hydrogens is 146 g/mol. The van der Waals surface area contributed by atoms with Crippen LogP contribution in [0.4, 0.5) is 8.78 Å². The van der Waals surface area contributed by atoms with E-state index in [0.29, 0.717) is 12.0 Å². The molecule has 0 nitrogen and oxygen atoms in total. The second-order valence-electron chi connectivity index (χ2n) is 3.60. The monoisotopic (exact) mass is 158 g/mol. The van der Waals surface area contributed by atoms with Crippen LogP contribution < -0.4 is 0 Å². The van der Waals surface area contributed by atoms with Gasteiger partial charge < -0.3 is 0 Å². The minimum Gasteiger partial charge on any atom is -0.208 e. The van der Waals surface area contributed by atoms with Crippen LogP contribution in [0.1, 0.15) is 27.2 Å². The topological polar surface area (TPSA) is 0 Å². The lowest BCUT2D eigenvalue weighted by molar-refractivity contribution is 0.322. The average Bonchev–Trinajstić information content (AvgIpc) is 1.95. The van der Waals surface area contributed by atoms with E-state index in [9.17, 15) is 8.78 Å². The fourth-order valence-electron chi connectivity index (χ4n) is 1.06. The highest BCUT2D eigenvalue weighted by molar-refractivity contribution is 5.32. The van der Waals surface area contributed by atoms with Crippen molar-refractivity contribution in [2.24, 2.45) is 5.41 Å². The summed E-state index contributed by atoms with van der Waals surface area (Å²) in [6.07, 6.45) is 2.32. The number of allylic oxidation sites excluding steroid dienone is 4. The van der Waals surface area contributed by atoms with E-state index in [1.807, 2.05) is 0 Å². The molecule has 0 amide bonds. The first-order valence-corrected chi connectivity index (χ1v) is 3.68. The van der Waals surface area contributed by atoms with Gasteiger partial charge in [0.2, 0.25) is 0 Å². The van der Waals surface area contributed by atoms with Crippen LogP contribution in [-0.4, -0.2) is 0 Å². The van der Waals surface area contributed by atoms with Gasteiger partial charge in [-0.25, -0.2) is 8.78 Å². The van der Waals surface area contributed by atoms with Crippen LogP contribution in [0.15, 0.2) is 23.3 Å². The molecule has 11 heavy (non-hydrogen) atoms. The van der Waals surface area contributed by atoms with E-state index >= 15 is 0 Å². The molecule has 1 aliphatic carbocycles. The summed E-state index contributed by atoms with van der Waals surface area (Å²) in [7, 11) is 0. The fourth-order valence-corrected chi connectivity index (χ4v) is 1.06. The molecule has 0 aromatic rings. The first-order valence-electron chi connectivity index (χ1n) is 3.68. The van der Waals surface area contributed by atoms with Gasteiger partial charge in [0.1, 0.15) is 5.83 Å². The van der Waals surface area contributed by atoms with Crippen molar-refractivity contribution in [2.45, 2.75) is 27.2 Å². The first-order chi connectivity index (χ1) is 4.95. The van der Waals surface area contributed by atoms with Crippen LogP contribution in [0.3, 0.4) is 0 Å². The Morgan fingerprint density at radius 1 is 1.36 bits per heavy atom. The largest absolute Gasteiger partial charge is 0.208 e. The molecule has 2 heteroatoms. The molecular formula is C9H12F2. The van der Waals surface area contributed by atoms with Crippen molar-refractivity contribution in [3.63, 3.8) is 0 Å². The van der Waals surface area contributed by atoms with Crippen LogP contribution in [-0.2, 0) is 0 Å². The molecule has 0 aliphatic heterocycles. The Bertz CT molecular complexity index is 234. The Kier molecular flexibility index (Phi) is 1.87. The van der Waals surface area contributed by atoms with E-state index in [4.69, 9.17) is 0 Å². The van der Waals surface area contributed by atoms with E-state index < -0.39 is 17.1 Å². The molecule has 0 fully saturated rings. The maximum absolute atomic E-state index is 13.1. The highest BCUT2D eigenvalue weighted by Gasteiger charge is 2.30. The molecule has 0 atom stereocenters. The van der Waals surface area contributed by atoms with E-state index in [2.05, 4.69) is 0 Å². The lowest BCUT2D eigenvalue weighted by Crippen LogP contribution is -2.15. The second-order valence-corrected chi connectivity index (χ2v) is 3.60. The van der Waals surface area contributed by atoms with Crippen LogP contribution in [0.25, 0.3) is 0 Å². The molecule has 62 valence electrons. The van der Waals surface area contributed by atoms with Crippen LogP contribution in [0, 0.1) is 5.41 Å². The van der Waals surface area contributed by atoms with Crippen molar-refractivity contribution in [1.29, 1.82) is 0 Å². The molecule has 0 spiro atoms. The van der Waals surface area contributed by atoms with Crippen molar-refractivity contribution < 1.29 is 8.78 Å². The second kappa shape index (κ2) is 2.43. The average molecular weight is 158 g/mol. The number of halogens is 2. The molecule has 1 rings (SSSR count).